The minimum absolute atomic E-state index is 0.0525. The van der Waals surface area contributed by atoms with Gasteiger partial charge in [-0.2, -0.15) is 0 Å². The van der Waals surface area contributed by atoms with Crippen LogP contribution in [0.4, 0.5) is 0 Å². The van der Waals surface area contributed by atoms with Crippen LogP contribution in [-0.4, -0.2) is 21.0 Å². The van der Waals surface area contributed by atoms with Crippen LogP contribution in [0, 0.1) is 0 Å². The normalized spacial score (nSPS) is 10.3. The molecule has 0 amide bonds. The first-order valence-electron chi connectivity index (χ1n) is 4.74. The maximum atomic E-state index is 10.9. The van der Waals surface area contributed by atoms with Crippen molar-refractivity contribution in [3.8, 4) is 0 Å². The molecule has 1 aromatic heterocycles. The number of hydrogen-bond acceptors (Lipinski definition) is 4. The molecule has 0 fully saturated rings. The largest absolute Gasteiger partial charge is 0.478 e. The van der Waals surface area contributed by atoms with E-state index in [1.165, 1.54) is 30.1 Å². The molecule has 92 valence electrons. The van der Waals surface area contributed by atoms with Gasteiger partial charge < -0.3 is 5.11 Å². The molecule has 0 saturated carbocycles. The highest BCUT2D eigenvalue weighted by Crippen LogP contribution is 2.29. The summed E-state index contributed by atoms with van der Waals surface area (Å²) >= 11 is 12.8. The molecule has 4 nitrogen and oxygen atoms in total. The van der Waals surface area contributed by atoms with Crippen molar-refractivity contribution in [3.63, 3.8) is 0 Å². The predicted molar refractivity (Wildman–Crippen MR) is 69.6 cm³/mol. The first kappa shape index (κ1) is 13.1. The third kappa shape index (κ3) is 3.13. The van der Waals surface area contributed by atoms with Crippen LogP contribution >= 0.6 is 35.0 Å². The minimum Gasteiger partial charge on any atom is -0.478 e. The van der Waals surface area contributed by atoms with E-state index in [9.17, 15) is 4.79 Å². The van der Waals surface area contributed by atoms with Crippen molar-refractivity contribution in [2.45, 2.75) is 9.92 Å². The highest BCUT2D eigenvalue weighted by molar-refractivity contribution is 7.99. The van der Waals surface area contributed by atoms with E-state index in [1.54, 1.807) is 12.3 Å². The standard InChI is InChI=1S/C11H6Cl2N2O2S/c12-8-2-1-6(3-7(8)11(16)17)18-10-5-14-4-9(13)15-10/h1-5H,(H,16,17). The Kier molecular flexibility index (Phi) is 4.06. The Morgan fingerprint density at radius 2 is 2.06 bits per heavy atom. The Hall–Kier alpha value is -1.30. The zero-order valence-electron chi connectivity index (χ0n) is 8.80. The van der Waals surface area contributed by atoms with Gasteiger partial charge in [-0.15, -0.1) is 0 Å². The molecule has 1 N–H and O–H groups in total. The molecule has 18 heavy (non-hydrogen) atoms. The van der Waals surface area contributed by atoms with E-state index < -0.39 is 5.97 Å². The Morgan fingerprint density at radius 3 is 2.72 bits per heavy atom. The minimum atomic E-state index is -1.07. The number of halogens is 2. The fourth-order valence-corrected chi connectivity index (χ4v) is 2.44. The molecule has 0 aliphatic heterocycles. The summed E-state index contributed by atoms with van der Waals surface area (Å²) in [6, 6.07) is 4.73. The van der Waals surface area contributed by atoms with Gasteiger partial charge >= 0.3 is 5.97 Å². The molecule has 0 spiro atoms. The van der Waals surface area contributed by atoms with Gasteiger partial charge in [-0.05, 0) is 18.2 Å². The van der Waals surface area contributed by atoms with Crippen LogP contribution in [0.3, 0.4) is 0 Å². The number of carbonyl (C=O) groups is 1. The van der Waals surface area contributed by atoms with Gasteiger partial charge in [0, 0.05) is 4.90 Å². The summed E-state index contributed by atoms with van der Waals surface area (Å²) in [5.41, 5.74) is 0.0525. The number of benzene rings is 1. The fourth-order valence-electron chi connectivity index (χ4n) is 1.23. The van der Waals surface area contributed by atoms with E-state index in [0.29, 0.717) is 9.92 Å². The predicted octanol–water partition coefficient (Wildman–Crippen LogP) is 3.63. The second kappa shape index (κ2) is 5.56. The number of aromatic carboxylic acids is 1. The summed E-state index contributed by atoms with van der Waals surface area (Å²) in [5.74, 6) is -1.07. The molecule has 0 unspecified atom stereocenters. The Bertz CT molecular complexity index is 607. The molecule has 1 aromatic carbocycles. The molecule has 0 atom stereocenters. The third-order valence-electron chi connectivity index (χ3n) is 1.97. The van der Waals surface area contributed by atoms with E-state index in [-0.39, 0.29) is 15.7 Å². The van der Waals surface area contributed by atoms with Crippen LogP contribution in [0.5, 0.6) is 0 Å². The molecule has 2 rings (SSSR count). The number of nitrogens with zero attached hydrogens (tertiary/aromatic N) is 2. The quantitative estimate of drug-likeness (QED) is 0.937. The summed E-state index contributed by atoms with van der Waals surface area (Å²) in [4.78, 5) is 19.6. The van der Waals surface area contributed by atoms with Crippen molar-refractivity contribution in [3.05, 3.63) is 46.3 Å². The molecule has 0 aliphatic carbocycles. The zero-order valence-corrected chi connectivity index (χ0v) is 11.1. The molecule has 1 heterocycles. The second-order valence-corrected chi connectivity index (χ2v) is 5.12. The lowest BCUT2D eigenvalue weighted by Gasteiger charge is -2.03. The van der Waals surface area contributed by atoms with Gasteiger partial charge in [0.15, 0.2) is 0 Å². The molecular weight excluding hydrogens is 295 g/mol. The lowest BCUT2D eigenvalue weighted by atomic mass is 10.2. The Morgan fingerprint density at radius 1 is 1.28 bits per heavy atom. The first-order valence-corrected chi connectivity index (χ1v) is 6.32. The summed E-state index contributed by atoms with van der Waals surface area (Å²) < 4.78 is 0. The van der Waals surface area contributed by atoms with Crippen LogP contribution < -0.4 is 0 Å². The van der Waals surface area contributed by atoms with Crippen molar-refractivity contribution < 1.29 is 9.90 Å². The highest BCUT2D eigenvalue weighted by Gasteiger charge is 2.10. The van der Waals surface area contributed by atoms with Crippen LogP contribution in [0.25, 0.3) is 0 Å². The highest BCUT2D eigenvalue weighted by atomic mass is 35.5. The van der Waals surface area contributed by atoms with Gasteiger partial charge in [0.2, 0.25) is 0 Å². The van der Waals surface area contributed by atoms with Crippen LogP contribution in [0.1, 0.15) is 10.4 Å². The summed E-state index contributed by atoms with van der Waals surface area (Å²) in [6.45, 7) is 0. The van der Waals surface area contributed by atoms with Gasteiger partial charge in [0.25, 0.3) is 0 Å². The number of rotatable bonds is 3. The topological polar surface area (TPSA) is 63.1 Å². The molecule has 7 heteroatoms. The Balaban J connectivity index is 2.30. The molecular formula is C11H6Cl2N2O2S. The van der Waals surface area contributed by atoms with Crippen molar-refractivity contribution in [2.75, 3.05) is 0 Å². The van der Waals surface area contributed by atoms with Gasteiger partial charge in [0.1, 0.15) is 10.2 Å². The first-order chi connectivity index (χ1) is 8.56. The summed E-state index contributed by atoms with van der Waals surface area (Å²) in [5, 5.41) is 10.0. The van der Waals surface area contributed by atoms with E-state index in [4.69, 9.17) is 28.3 Å². The number of carboxylic acid groups (broad SMARTS) is 1. The van der Waals surface area contributed by atoms with Crippen LogP contribution in [-0.2, 0) is 0 Å². The number of hydrogen-bond donors (Lipinski definition) is 1. The monoisotopic (exact) mass is 300 g/mol. The lowest BCUT2D eigenvalue weighted by Crippen LogP contribution is -1.97. The molecule has 2 aromatic rings. The maximum Gasteiger partial charge on any atom is 0.337 e. The van der Waals surface area contributed by atoms with Crippen LogP contribution in [0.2, 0.25) is 10.2 Å². The SMILES string of the molecule is O=C(O)c1cc(Sc2cncc(Cl)n2)ccc1Cl. The smallest absolute Gasteiger partial charge is 0.337 e. The van der Waals surface area contributed by atoms with Gasteiger partial charge in [0.05, 0.1) is 23.0 Å². The van der Waals surface area contributed by atoms with Crippen molar-refractivity contribution in [1.29, 1.82) is 0 Å². The molecule has 0 saturated heterocycles. The van der Waals surface area contributed by atoms with E-state index in [1.807, 2.05) is 0 Å². The number of carboxylic acids is 1. The average Bonchev–Trinajstić information content (AvgIpc) is 2.31. The molecule has 0 radical (unpaired) electrons. The number of aromatic nitrogens is 2. The van der Waals surface area contributed by atoms with Crippen molar-refractivity contribution in [1.82, 2.24) is 9.97 Å². The van der Waals surface area contributed by atoms with E-state index in [2.05, 4.69) is 9.97 Å². The maximum absolute atomic E-state index is 10.9. The van der Waals surface area contributed by atoms with Crippen molar-refractivity contribution in [2.24, 2.45) is 0 Å². The molecule has 0 bridgehead atoms. The van der Waals surface area contributed by atoms with Crippen LogP contribution in [0.15, 0.2) is 40.5 Å². The second-order valence-electron chi connectivity index (χ2n) is 3.23. The lowest BCUT2D eigenvalue weighted by molar-refractivity contribution is 0.0697. The van der Waals surface area contributed by atoms with Gasteiger partial charge in [-0.1, -0.05) is 35.0 Å². The summed E-state index contributed by atoms with van der Waals surface area (Å²) in [6.07, 6.45) is 2.97. The van der Waals surface area contributed by atoms with E-state index in [0.717, 1.165) is 0 Å². The fraction of sp³-hybridized carbons (Fsp3) is 0. The average molecular weight is 301 g/mol. The Labute approximate surface area is 117 Å². The third-order valence-corrected chi connectivity index (χ3v) is 3.38. The molecule has 0 aliphatic rings. The van der Waals surface area contributed by atoms with Gasteiger partial charge in [-0.25, -0.2) is 9.78 Å². The van der Waals surface area contributed by atoms with E-state index >= 15 is 0 Å². The summed E-state index contributed by atoms with van der Waals surface area (Å²) in [7, 11) is 0. The zero-order chi connectivity index (χ0) is 13.1. The van der Waals surface area contributed by atoms with Gasteiger partial charge in [-0.3, -0.25) is 4.98 Å². The van der Waals surface area contributed by atoms with Crippen molar-refractivity contribution >= 4 is 40.9 Å².